The normalized spacial score (nSPS) is 28.3. The molecular weight excluding hydrogens is 382 g/mol. The molecule has 0 spiro atoms. The van der Waals surface area contributed by atoms with E-state index in [0.29, 0.717) is 19.4 Å². The zero-order chi connectivity index (χ0) is 21.9. The number of allylic oxidation sites excluding steroid dienone is 2. The van der Waals surface area contributed by atoms with Crippen LogP contribution < -0.4 is 0 Å². The first-order valence-electron chi connectivity index (χ1n) is 11.6. The lowest BCUT2D eigenvalue weighted by atomic mass is 9.90. The molecule has 6 nitrogen and oxygen atoms in total. The van der Waals surface area contributed by atoms with E-state index in [-0.39, 0.29) is 23.9 Å². The van der Waals surface area contributed by atoms with Crippen LogP contribution in [0.5, 0.6) is 0 Å². The molecule has 1 aliphatic carbocycles. The molecule has 0 radical (unpaired) electrons. The van der Waals surface area contributed by atoms with E-state index in [0.717, 1.165) is 57.2 Å². The molecule has 0 amide bonds. The molecule has 30 heavy (non-hydrogen) atoms. The van der Waals surface area contributed by atoms with Gasteiger partial charge in [0.05, 0.1) is 18.0 Å². The largest absolute Gasteiger partial charge is 0.495 e. The fourth-order valence-electron chi connectivity index (χ4n) is 4.26. The van der Waals surface area contributed by atoms with Gasteiger partial charge in [0.15, 0.2) is 0 Å². The van der Waals surface area contributed by atoms with Gasteiger partial charge in [0.25, 0.3) is 0 Å². The minimum absolute atomic E-state index is 0.0356. The molecule has 1 aliphatic heterocycles. The van der Waals surface area contributed by atoms with Crippen molar-refractivity contribution in [1.29, 1.82) is 0 Å². The molecular formula is C24H41NO5. The Morgan fingerprint density at radius 3 is 2.87 bits per heavy atom. The molecule has 1 saturated carbocycles. The number of likely N-dealkylation sites (N-methyl/N-ethyl adjacent to an activating group) is 1. The summed E-state index contributed by atoms with van der Waals surface area (Å²) in [4.78, 5) is 13.7. The first-order chi connectivity index (χ1) is 14.4. The molecule has 0 bridgehead atoms. The first-order valence-corrected chi connectivity index (χ1v) is 11.6. The molecule has 1 saturated heterocycles. The monoisotopic (exact) mass is 423 g/mol. The minimum atomic E-state index is -0.433. The number of carbonyl (C=O) groups excluding carboxylic acids is 1. The highest BCUT2D eigenvalue weighted by Gasteiger charge is 2.46. The van der Waals surface area contributed by atoms with Crippen molar-refractivity contribution in [3.05, 3.63) is 24.0 Å². The zero-order valence-electron chi connectivity index (χ0n) is 19.0. The molecule has 2 N–H and O–H groups in total. The number of unbranched alkanes of at least 4 members (excludes halogenated alkanes) is 3. The Hall–Kier alpha value is -1.37. The van der Waals surface area contributed by atoms with Crippen LogP contribution in [-0.4, -0.2) is 66.6 Å². The van der Waals surface area contributed by atoms with E-state index in [1.54, 1.807) is 0 Å². The van der Waals surface area contributed by atoms with E-state index in [9.17, 15) is 15.0 Å². The molecule has 0 aromatic rings. The van der Waals surface area contributed by atoms with E-state index >= 15 is 0 Å². The van der Waals surface area contributed by atoms with E-state index in [1.807, 2.05) is 31.1 Å². The lowest BCUT2D eigenvalue weighted by molar-refractivity contribution is -0.144. The van der Waals surface area contributed by atoms with Crippen LogP contribution in [0.3, 0.4) is 0 Å². The number of hydrogen-bond acceptors (Lipinski definition) is 6. The molecule has 0 aromatic heterocycles. The quantitative estimate of drug-likeness (QED) is 0.268. The average Bonchev–Trinajstić information content (AvgIpc) is 3.20. The Labute approximate surface area is 181 Å². The maximum absolute atomic E-state index is 11.7. The molecule has 6 heteroatoms. The minimum Gasteiger partial charge on any atom is -0.495 e. The second-order valence-corrected chi connectivity index (χ2v) is 8.94. The lowest BCUT2D eigenvalue weighted by Crippen LogP contribution is -2.20. The average molecular weight is 424 g/mol. The Bertz CT molecular complexity index is 574. The third-order valence-electron chi connectivity index (χ3n) is 6.05. The van der Waals surface area contributed by atoms with Crippen molar-refractivity contribution in [3.63, 3.8) is 0 Å². The van der Waals surface area contributed by atoms with Gasteiger partial charge < -0.3 is 24.6 Å². The fraction of sp³-hybridized carbons (Fsp3) is 0.792. The molecule has 0 unspecified atom stereocenters. The molecule has 2 fully saturated rings. The van der Waals surface area contributed by atoms with Crippen LogP contribution in [0.4, 0.5) is 0 Å². The second-order valence-electron chi connectivity index (χ2n) is 8.94. The summed E-state index contributed by atoms with van der Waals surface area (Å²) in [5.41, 5.74) is 0. The summed E-state index contributed by atoms with van der Waals surface area (Å²) in [5, 5.41) is 20.5. The number of hydrogen-bond donors (Lipinski definition) is 2. The highest BCUT2D eigenvalue weighted by atomic mass is 16.5. The molecule has 0 aromatic carbocycles. The maximum atomic E-state index is 11.7. The van der Waals surface area contributed by atoms with Gasteiger partial charge in [-0.05, 0) is 39.4 Å². The van der Waals surface area contributed by atoms with E-state index in [4.69, 9.17) is 9.47 Å². The van der Waals surface area contributed by atoms with Crippen molar-refractivity contribution in [2.24, 2.45) is 11.8 Å². The van der Waals surface area contributed by atoms with Crippen LogP contribution in [0, 0.1) is 11.8 Å². The summed E-state index contributed by atoms with van der Waals surface area (Å²) in [5.74, 6) is 1.12. The van der Waals surface area contributed by atoms with E-state index in [2.05, 4.69) is 13.0 Å². The fourth-order valence-corrected chi connectivity index (χ4v) is 4.26. The Kier molecular flexibility index (Phi) is 10.9. The van der Waals surface area contributed by atoms with Crippen LogP contribution in [0.2, 0.25) is 0 Å². The number of ether oxygens (including phenoxy) is 2. The second kappa shape index (κ2) is 13.1. The van der Waals surface area contributed by atoms with Crippen molar-refractivity contribution in [2.45, 2.75) is 83.0 Å². The van der Waals surface area contributed by atoms with Crippen molar-refractivity contribution in [1.82, 2.24) is 4.90 Å². The summed E-state index contributed by atoms with van der Waals surface area (Å²) in [6, 6.07) is 0. The lowest BCUT2D eigenvalue weighted by Gasteiger charge is -2.16. The van der Waals surface area contributed by atoms with Gasteiger partial charge in [0, 0.05) is 37.6 Å². The summed E-state index contributed by atoms with van der Waals surface area (Å²) in [6.07, 6.45) is 12.7. The van der Waals surface area contributed by atoms with Crippen molar-refractivity contribution >= 4 is 5.97 Å². The predicted octanol–water partition coefficient (Wildman–Crippen LogP) is 3.43. The van der Waals surface area contributed by atoms with Crippen LogP contribution >= 0.6 is 0 Å². The van der Waals surface area contributed by atoms with Gasteiger partial charge in [-0.1, -0.05) is 38.3 Å². The molecule has 2 aliphatic rings. The number of fused-ring (bicyclic) bond motifs is 1. The third-order valence-corrected chi connectivity index (χ3v) is 6.05. The number of aliphatic hydroxyl groups is 2. The highest BCUT2D eigenvalue weighted by molar-refractivity contribution is 5.69. The van der Waals surface area contributed by atoms with Gasteiger partial charge in [-0.15, -0.1) is 0 Å². The van der Waals surface area contributed by atoms with Crippen molar-refractivity contribution in [3.8, 4) is 0 Å². The number of esters is 1. The summed E-state index contributed by atoms with van der Waals surface area (Å²) < 4.78 is 11.3. The van der Waals surface area contributed by atoms with E-state index < -0.39 is 12.2 Å². The van der Waals surface area contributed by atoms with Crippen LogP contribution in [0.1, 0.15) is 64.7 Å². The molecule has 2 rings (SSSR count). The van der Waals surface area contributed by atoms with Gasteiger partial charge in [-0.3, -0.25) is 4.79 Å². The summed E-state index contributed by atoms with van der Waals surface area (Å²) >= 11 is 0. The number of rotatable bonds is 13. The number of nitrogens with zero attached hydrogens (tertiary/aromatic N) is 1. The van der Waals surface area contributed by atoms with Crippen LogP contribution in [0.25, 0.3) is 0 Å². The smallest absolute Gasteiger partial charge is 0.305 e. The Balaban J connectivity index is 1.71. The standard InChI is InChI=1S/C24H41NO5/c1-4-5-6-9-18(26)12-13-20-21-16-19(30-23(21)17-22(20)27)10-7-8-11-24(28)29-15-14-25(2)3/h10,12-13,18,20-23,26-27H,4-9,11,14-17H2,1-3H3/b13-12+,19-10-/t18-,20+,21+,22+,23-/m0/s1. The van der Waals surface area contributed by atoms with Gasteiger partial charge >= 0.3 is 5.97 Å². The first kappa shape index (κ1) is 24.9. The number of carbonyl (C=O) groups is 1. The van der Waals surface area contributed by atoms with Gasteiger partial charge in [0.2, 0.25) is 0 Å². The topological polar surface area (TPSA) is 79.2 Å². The predicted molar refractivity (Wildman–Crippen MR) is 118 cm³/mol. The third kappa shape index (κ3) is 8.40. The van der Waals surface area contributed by atoms with Crippen molar-refractivity contribution < 1.29 is 24.5 Å². The zero-order valence-corrected chi connectivity index (χ0v) is 19.0. The maximum Gasteiger partial charge on any atom is 0.305 e. The van der Waals surface area contributed by atoms with Gasteiger partial charge in [0.1, 0.15) is 12.7 Å². The molecule has 1 heterocycles. The Morgan fingerprint density at radius 1 is 1.33 bits per heavy atom. The summed E-state index contributed by atoms with van der Waals surface area (Å²) in [7, 11) is 3.90. The SMILES string of the molecule is CCCCC[C@H](O)/C=C/[C@@H]1[C@H]2C/C(=C/CCCC(=O)OCCN(C)C)O[C@H]2C[C@H]1O. The van der Waals surface area contributed by atoms with Gasteiger partial charge in [-0.2, -0.15) is 0 Å². The van der Waals surface area contributed by atoms with Crippen LogP contribution in [0.15, 0.2) is 24.0 Å². The van der Waals surface area contributed by atoms with Crippen LogP contribution in [-0.2, 0) is 14.3 Å². The van der Waals surface area contributed by atoms with E-state index in [1.165, 1.54) is 0 Å². The summed E-state index contributed by atoms with van der Waals surface area (Å²) in [6.45, 7) is 3.33. The number of aliphatic hydroxyl groups excluding tert-OH is 2. The Morgan fingerprint density at radius 2 is 2.13 bits per heavy atom. The van der Waals surface area contributed by atoms with Gasteiger partial charge in [-0.25, -0.2) is 0 Å². The molecule has 172 valence electrons. The molecule has 5 atom stereocenters. The van der Waals surface area contributed by atoms with Crippen molar-refractivity contribution in [2.75, 3.05) is 27.2 Å². The highest BCUT2D eigenvalue weighted by Crippen LogP contribution is 2.45.